The number of methoxy groups -OCH3 is 1. The van der Waals surface area contributed by atoms with Crippen LogP contribution in [0.2, 0.25) is 0 Å². The third-order valence-corrected chi connectivity index (χ3v) is 3.43. The molecule has 1 aliphatic rings. The summed E-state index contributed by atoms with van der Waals surface area (Å²) in [6.07, 6.45) is 0.853. The van der Waals surface area contributed by atoms with Crippen molar-refractivity contribution in [2.45, 2.75) is 19.4 Å². The number of carbonyl (C=O) groups excluding carboxylic acids is 1. The highest BCUT2D eigenvalue weighted by molar-refractivity contribution is 6.27. The Balaban J connectivity index is 0.000000346. The van der Waals surface area contributed by atoms with E-state index in [9.17, 15) is 4.79 Å². The van der Waals surface area contributed by atoms with Gasteiger partial charge in [-0.2, -0.15) is 0 Å². The van der Waals surface area contributed by atoms with Crippen LogP contribution >= 0.6 is 0 Å². The number of ether oxygens (including phenoxy) is 1. The Morgan fingerprint density at radius 2 is 1.77 bits per heavy atom. The van der Waals surface area contributed by atoms with Crippen molar-refractivity contribution >= 4 is 17.9 Å². The fourth-order valence-electron chi connectivity index (χ4n) is 2.37. The standard InChI is InChI=1S/C13H17NO2.C2H2O4/c1-9-5-3-4-6-10(9)12-11(7-8-14-12)13(15)16-2;3-1(4)2(5)6/h3-6,11-12,14H,7-8H2,1-2H3;(H,3,4)(H,5,6). The van der Waals surface area contributed by atoms with Crippen LogP contribution in [0, 0.1) is 12.8 Å². The molecule has 1 saturated heterocycles. The SMILES string of the molecule is COC(=O)C1CCNC1c1ccccc1C.O=C(O)C(=O)O. The molecule has 0 aliphatic carbocycles. The number of aryl methyl sites for hydroxylation is 1. The Morgan fingerprint density at radius 1 is 1.18 bits per heavy atom. The number of esters is 1. The number of carboxylic acid groups (broad SMARTS) is 2. The summed E-state index contributed by atoms with van der Waals surface area (Å²) in [6, 6.07) is 8.28. The normalized spacial score (nSPS) is 19.7. The zero-order chi connectivity index (χ0) is 16.7. The van der Waals surface area contributed by atoms with Crippen molar-refractivity contribution in [1.82, 2.24) is 5.32 Å². The predicted molar refractivity (Wildman–Crippen MR) is 77.3 cm³/mol. The summed E-state index contributed by atoms with van der Waals surface area (Å²) in [6.45, 7) is 2.95. The van der Waals surface area contributed by atoms with Crippen molar-refractivity contribution in [2.24, 2.45) is 5.92 Å². The lowest BCUT2D eigenvalue weighted by Gasteiger charge is -2.19. The number of hydrogen-bond acceptors (Lipinski definition) is 5. The number of carboxylic acids is 2. The van der Waals surface area contributed by atoms with Crippen LogP contribution in [-0.2, 0) is 19.1 Å². The first-order valence-corrected chi connectivity index (χ1v) is 6.71. The van der Waals surface area contributed by atoms with Crippen molar-refractivity contribution in [3.05, 3.63) is 35.4 Å². The molecule has 7 heteroatoms. The summed E-state index contributed by atoms with van der Waals surface area (Å²) in [4.78, 5) is 29.8. The van der Waals surface area contributed by atoms with Crippen molar-refractivity contribution < 1.29 is 29.3 Å². The van der Waals surface area contributed by atoms with Gasteiger partial charge in [0.05, 0.1) is 13.0 Å². The zero-order valence-corrected chi connectivity index (χ0v) is 12.4. The van der Waals surface area contributed by atoms with E-state index >= 15 is 0 Å². The van der Waals surface area contributed by atoms with Crippen molar-refractivity contribution in [3.63, 3.8) is 0 Å². The average molecular weight is 309 g/mol. The van der Waals surface area contributed by atoms with Gasteiger partial charge in [0.1, 0.15) is 0 Å². The Morgan fingerprint density at radius 3 is 2.27 bits per heavy atom. The number of hydrogen-bond donors (Lipinski definition) is 3. The topological polar surface area (TPSA) is 113 Å². The smallest absolute Gasteiger partial charge is 0.414 e. The van der Waals surface area contributed by atoms with Gasteiger partial charge in [-0.25, -0.2) is 9.59 Å². The molecular formula is C15H19NO6. The second-order valence-corrected chi connectivity index (χ2v) is 4.82. The Hall–Kier alpha value is -2.41. The lowest BCUT2D eigenvalue weighted by Crippen LogP contribution is -2.25. The maximum absolute atomic E-state index is 11.6. The summed E-state index contributed by atoms with van der Waals surface area (Å²) in [5, 5.41) is 18.2. The zero-order valence-electron chi connectivity index (χ0n) is 12.4. The number of benzene rings is 1. The van der Waals surface area contributed by atoms with Crippen molar-refractivity contribution in [2.75, 3.05) is 13.7 Å². The van der Waals surface area contributed by atoms with E-state index in [1.807, 2.05) is 12.1 Å². The first kappa shape index (κ1) is 17.6. The molecule has 3 N–H and O–H groups in total. The Labute approximate surface area is 127 Å². The molecule has 0 bridgehead atoms. The summed E-state index contributed by atoms with van der Waals surface area (Å²) in [7, 11) is 1.45. The fourth-order valence-corrected chi connectivity index (χ4v) is 2.37. The van der Waals surface area contributed by atoms with Crippen LogP contribution in [-0.4, -0.2) is 41.8 Å². The summed E-state index contributed by atoms with van der Waals surface area (Å²) < 4.78 is 4.85. The van der Waals surface area contributed by atoms with E-state index in [1.165, 1.54) is 18.2 Å². The van der Waals surface area contributed by atoms with Gasteiger partial charge in [-0.05, 0) is 31.0 Å². The largest absolute Gasteiger partial charge is 0.473 e. The molecule has 0 saturated carbocycles. The van der Waals surface area contributed by atoms with Gasteiger partial charge in [-0.1, -0.05) is 24.3 Å². The van der Waals surface area contributed by atoms with E-state index in [0.717, 1.165) is 13.0 Å². The van der Waals surface area contributed by atoms with E-state index in [0.29, 0.717) is 0 Å². The van der Waals surface area contributed by atoms with E-state index in [-0.39, 0.29) is 17.9 Å². The van der Waals surface area contributed by atoms with Gasteiger partial charge < -0.3 is 20.3 Å². The van der Waals surface area contributed by atoms with Gasteiger partial charge in [0.25, 0.3) is 0 Å². The van der Waals surface area contributed by atoms with Crippen LogP contribution in [0.3, 0.4) is 0 Å². The molecule has 2 atom stereocenters. The van der Waals surface area contributed by atoms with Crippen LogP contribution in [0.4, 0.5) is 0 Å². The average Bonchev–Trinajstić information content (AvgIpc) is 2.96. The van der Waals surface area contributed by atoms with Crippen LogP contribution < -0.4 is 5.32 Å². The number of nitrogens with one attached hydrogen (secondary N) is 1. The first-order valence-electron chi connectivity index (χ1n) is 6.71. The quantitative estimate of drug-likeness (QED) is 0.551. The molecule has 1 aromatic carbocycles. The van der Waals surface area contributed by atoms with Gasteiger partial charge >= 0.3 is 17.9 Å². The van der Waals surface area contributed by atoms with Gasteiger partial charge in [-0.15, -0.1) is 0 Å². The second kappa shape index (κ2) is 8.14. The lowest BCUT2D eigenvalue weighted by atomic mass is 9.91. The Kier molecular flexibility index (Phi) is 6.52. The van der Waals surface area contributed by atoms with Crippen LogP contribution in [0.1, 0.15) is 23.6 Å². The number of carbonyl (C=O) groups is 3. The van der Waals surface area contributed by atoms with Gasteiger partial charge in [0, 0.05) is 6.04 Å². The molecule has 1 heterocycles. The molecule has 2 unspecified atom stereocenters. The first-order chi connectivity index (χ1) is 10.4. The highest BCUT2D eigenvalue weighted by Crippen LogP contribution is 2.31. The monoisotopic (exact) mass is 309 g/mol. The molecule has 0 aromatic heterocycles. The minimum Gasteiger partial charge on any atom is -0.473 e. The summed E-state index contributed by atoms with van der Waals surface area (Å²) >= 11 is 0. The van der Waals surface area contributed by atoms with Gasteiger partial charge in [-0.3, -0.25) is 4.79 Å². The summed E-state index contributed by atoms with van der Waals surface area (Å²) in [5.41, 5.74) is 2.42. The molecule has 1 fully saturated rings. The highest BCUT2D eigenvalue weighted by Gasteiger charge is 2.34. The lowest BCUT2D eigenvalue weighted by molar-refractivity contribution is -0.159. The number of aliphatic carboxylic acids is 2. The van der Waals surface area contributed by atoms with Gasteiger partial charge in [0.15, 0.2) is 0 Å². The van der Waals surface area contributed by atoms with Crippen molar-refractivity contribution in [3.8, 4) is 0 Å². The molecule has 0 radical (unpaired) electrons. The van der Waals surface area contributed by atoms with Crippen LogP contribution in [0.5, 0.6) is 0 Å². The third-order valence-electron chi connectivity index (χ3n) is 3.43. The van der Waals surface area contributed by atoms with Crippen molar-refractivity contribution in [1.29, 1.82) is 0 Å². The minimum atomic E-state index is -1.82. The van der Waals surface area contributed by atoms with Crippen LogP contribution in [0.25, 0.3) is 0 Å². The fraction of sp³-hybridized carbons (Fsp3) is 0.400. The van der Waals surface area contributed by atoms with E-state index in [2.05, 4.69) is 24.4 Å². The molecular weight excluding hydrogens is 290 g/mol. The molecule has 1 aromatic rings. The highest BCUT2D eigenvalue weighted by atomic mass is 16.5. The molecule has 22 heavy (non-hydrogen) atoms. The minimum absolute atomic E-state index is 0.0499. The number of rotatable bonds is 2. The van der Waals surface area contributed by atoms with Crippen LogP contribution in [0.15, 0.2) is 24.3 Å². The molecule has 2 rings (SSSR count). The Bertz CT molecular complexity index is 545. The molecule has 0 spiro atoms. The third kappa shape index (κ3) is 4.56. The molecule has 1 aliphatic heterocycles. The van der Waals surface area contributed by atoms with E-state index in [4.69, 9.17) is 24.5 Å². The van der Waals surface area contributed by atoms with E-state index in [1.54, 1.807) is 0 Å². The maximum atomic E-state index is 11.6. The molecule has 7 nitrogen and oxygen atoms in total. The van der Waals surface area contributed by atoms with Gasteiger partial charge in [0.2, 0.25) is 0 Å². The predicted octanol–water partition coefficient (Wildman–Crippen LogP) is 0.974. The summed E-state index contributed by atoms with van der Waals surface area (Å²) in [5.74, 6) is -3.81. The van der Waals surface area contributed by atoms with E-state index < -0.39 is 11.9 Å². The molecule has 120 valence electrons. The maximum Gasteiger partial charge on any atom is 0.414 e. The molecule has 0 amide bonds. The second-order valence-electron chi connectivity index (χ2n) is 4.82.